The first-order chi connectivity index (χ1) is 9.74. The Balaban J connectivity index is 1.96. The second-order valence-corrected chi connectivity index (χ2v) is 4.74. The Morgan fingerprint density at radius 1 is 1.10 bits per heavy atom. The SMILES string of the molecule is C=C1C=CC(c2ccc(-c3cccnc3)c(C)c2)=NN1. The van der Waals surface area contributed by atoms with E-state index < -0.39 is 0 Å². The molecule has 1 aromatic heterocycles. The second-order valence-electron chi connectivity index (χ2n) is 4.74. The maximum atomic E-state index is 4.29. The summed E-state index contributed by atoms with van der Waals surface area (Å²) in [5.74, 6) is 0. The fourth-order valence-corrected chi connectivity index (χ4v) is 2.22. The van der Waals surface area contributed by atoms with Gasteiger partial charge in [-0.05, 0) is 42.3 Å². The molecule has 0 amide bonds. The quantitative estimate of drug-likeness (QED) is 0.899. The lowest BCUT2D eigenvalue weighted by Crippen LogP contribution is -2.12. The van der Waals surface area contributed by atoms with Crippen LogP contribution in [0.3, 0.4) is 0 Å². The minimum atomic E-state index is 0.803. The summed E-state index contributed by atoms with van der Waals surface area (Å²) in [5, 5.41) is 4.29. The molecule has 0 radical (unpaired) electrons. The van der Waals surface area contributed by atoms with Gasteiger partial charge in [-0.2, -0.15) is 5.10 Å². The topological polar surface area (TPSA) is 37.3 Å². The Kier molecular flexibility index (Phi) is 3.17. The Morgan fingerprint density at radius 2 is 2.00 bits per heavy atom. The van der Waals surface area contributed by atoms with Crippen molar-refractivity contribution < 1.29 is 0 Å². The largest absolute Gasteiger partial charge is 0.279 e. The first-order valence-electron chi connectivity index (χ1n) is 6.46. The van der Waals surface area contributed by atoms with Crippen LogP contribution < -0.4 is 5.43 Å². The molecule has 0 saturated heterocycles. The Morgan fingerprint density at radius 3 is 2.65 bits per heavy atom. The van der Waals surface area contributed by atoms with Crippen LogP contribution in [0.25, 0.3) is 11.1 Å². The Hall–Kier alpha value is -2.68. The molecule has 1 aliphatic rings. The van der Waals surface area contributed by atoms with Gasteiger partial charge in [-0.1, -0.05) is 24.8 Å². The molecule has 2 heterocycles. The van der Waals surface area contributed by atoms with Crippen LogP contribution in [0.1, 0.15) is 11.1 Å². The molecule has 20 heavy (non-hydrogen) atoms. The van der Waals surface area contributed by atoms with Gasteiger partial charge < -0.3 is 0 Å². The minimum Gasteiger partial charge on any atom is -0.279 e. The lowest BCUT2D eigenvalue weighted by Gasteiger charge is -2.12. The van der Waals surface area contributed by atoms with Gasteiger partial charge in [0.15, 0.2) is 0 Å². The minimum absolute atomic E-state index is 0.803. The van der Waals surface area contributed by atoms with Gasteiger partial charge in [0.25, 0.3) is 0 Å². The first kappa shape index (κ1) is 12.4. The number of rotatable bonds is 2. The zero-order valence-corrected chi connectivity index (χ0v) is 11.3. The summed E-state index contributed by atoms with van der Waals surface area (Å²) in [7, 11) is 0. The molecule has 0 bridgehead atoms. The van der Waals surface area contributed by atoms with E-state index in [9.17, 15) is 0 Å². The molecule has 3 heteroatoms. The van der Waals surface area contributed by atoms with Crippen LogP contribution in [-0.2, 0) is 0 Å². The number of nitrogens with one attached hydrogen (secondary N) is 1. The standard InChI is InChI=1S/C17H15N3/c1-12-10-14(17-8-5-13(2)19-20-17)6-7-16(12)15-4-3-9-18-11-15/h3-11,19H,2H2,1H3. The van der Waals surface area contributed by atoms with Crippen LogP contribution >= 0.6 is 0 Å². The maximum Gasteiger partial charge on any atom is 0.0906 e. The Labute approximate surface area is 118 Å². The summed E-state index contributed by atoms with van der Waals surface area (Å²) in [6.07, 6.45) is 7.56. The van der Waals surface area contributed by atoms with Crippen LogP contribution in [0.15, 0.2) is 72.3 Å². The van der Waals surface area contributed by atoms with Gasteiger partial charge in [0.1, 0.15) is 0 Å². The average molecular weight is 261 g/mol. The highest BCUT2D eigenvalue weighted by Crippen LogP contribution is 2.24. The van der Waals surface area contributed by atoms with Crippen molar-refractivity contribution in [2.24, 2.45) is 5.10 Å². The second kappa shape index (κ2) is 5.13. The Bertz CT molecular complexity index is 712. The third kappa shape index (κ3) is 2.38. The molecule has 1 aliphatic heterocycles. The highest BCUT2D eigenvalue weighted by atomic mass is 15.3. The van der Waals surface area contributed by atoms with Crippen molar-refractivity contribution in [1.29, 1.82) is 0 Å². The van der Waals surface area contributed by atoms with Crippen molar-refractivity contribution in [3.63, 3.8) is 0 Å². The van der Waals surface area contributed by atoms with E-state index in [0.29, 0.717) is 0 Å². The van der Waals surface area contributed by atoms with E-state index in [4.69, 9.17) is 0 Å². The molecule has 0 aliphatic carbocycles. The van der Waals surface area contributed by atoms with E-state index in [0.717, 1.165) is 22.5 Å². The maximum absolute atomic E-state index is 4.29. The summed E-state index contributed by atoms with van der Waals surface area (Å²) >= 11 is 0. The van der Waals surface area contributed by atoms with Gasteiger partial charge in [0, 0.05) is 29.2 Å². The third-order valence-electron chi connectivity index (χ3n) is 3.26. The van der Waals surface area contributed by atoms with Crippen LogP contribution in [0, 0.1) is 6.92 Å². The van der Waals surface area contributed by atoms with E-state index in [2.05, 4.69) is 53.3 Å². The summed E-state index contributed by atoms with van der Waals surface area (Å²) in [4.78, 5) is 4.17. The van der Waals surface area contributed by atoms with Crippen molar-refractivity contribution in [2.45, 2.75) is 6.92 Å². The van der Waals surface area contributed by atoms with Crippen molar-refractivity contribution >= 4 is 5.71 Å². The van der Waals surface area contributed by atoms with E-state index in [1.165, 1.54) is 11.1 Å². The zero-order valence-electron chi connectivity index (χ0n) is 11.3. The summed E-state index contributed by atoms with van der Waals surface area (Å²) in [6, 6.07) is 10.3. The molecule has 1 aromatic carbocycles. The lowest BCUT2D eigenvalue weighted by atomic mass is 9.97. The molecule has 98 valence electrons. The van der Waals surface area contributed by atoms with Gasteiger partial charge >= 0.3 is 0 Å². The molecule has 0 spiro atoms. The van der Waals surface area contributed by atoms with Gasteiger partial charge in [0.05, 0.1) is 5.71 Å². The summed E-state index contributed by atoms with van der Waals surface area (Å²) in [6.45, 7) is 5.90. The number of hydrogen-bond acceptors (Lipinski definition) is 3. The van der Waals surface area contributed by atoms with Gasteiger partial charge in [-0.25, -0.2) is 0 Å². The molecule has 1 N–H and O–H groups in total. The normalized spacial score (nSPS) is 13.8. The highest BCUT2D eigenvalue weighted by molar-refractivity contribution is 6.09. The molecule has 0 saturated carbocycles. The van der Waals surface area contributed by atoms with Crippen molar-refractivity contribution in [3.8, 4) is 11.1 Å². The molecule has 0 atom stereocenters. The number of hydrazone groups is 1. The fourth-order valence-electron chi connectivity index (χ4n) is 2.22. The zero-order chi connectivity index (χ0) is 13.9. The molecule has 3 nitrogen and oxygen atoms in total. The van der Waals surface area contributed by atoms with Gasteiger partial charge in [-0.3, -0.25) is 10.4 Å². The summed E-state index contributed by atoms with van der Waals surface area (Å²) < 4.78 is 0. The molecule has 0 unspecified atom stereocenters. The predicted molar refractivity (Wildman–Crippen MR) is 82.4 cm³/mol. The van der Waals surface area contributed by atoms with Crippen LogP contribution in [0.2, 0.25) is 0 Å². The molecule has 3 rings (SSSR count). The molecular weight excluding hydrogens is 246 g/mol. The number of aromatic nitrogens is 1. The molecule has 2 aromatic rings. The average Bonchev–Trinajstić information content (AvgIpc) is 2.49. The van der Waals surface area contributed by atoms with Gasteiger partial charge in [-0.15, -0.1) is 0 Å². The van der Waals surface area contributed by atoms with E-state index >= 15 is 0 Å². The van der Waals surface area contributed by atoms with Crippen molar-refractivity contribution in [3.05, 3.63) is 78.3 Å². The number of aryl methyl sites for hydroxylation is 1. The van der Waals surface area contributed by atoms with Gasteiger partial charge in [0.2, 0.25) is 0 Å². The van der Waals surface area contributed by atoms with Crippen molar-refractivity contribution in [2.75, 3.05) is 0 Å². The number of benzene rings is 1. The first-order valence-corrected chi connectivity index (χ1v) is 6.46. The van der Waals surface area contributed by atoms with E-state index in [-0.39, 0.29) is 0 Å². The molecule has 0 fully saturated rings. The summed E-state index contributed by atoms with van der Waals surface area (Å²) in [5.41, 5.74) is 9.23. The fraction of sp³-hybridized carbons (Fsp3) is 0.0588. The highest BCUT2D eigenvalue weighted by Gasteiger charge is 2.08. The lowest BCUT2D eigenvalue weighted by molar-refractivity contribution is 0.914. The number of allylic oxidation sites excluding steroid dienone is 2. The number of nitrogens with zero attached hydrogens (tertiary/aromatic N) is 2. The number of hydrogen-bond donors (Lipinski definition) is 1. The van der Waals surface area contributed by atoms with E-state index in [1.54, 1.807) is 6.20 Å². The van der Waals surface area contributed by atoms with Crippen molar-refractivity contribution in [1.82, 2.24) is 10.4 Å². The van der Waals surface area contributed by atoms with E-state index in [1.807, 2.05) is 24.4 Å². The third-order valence-corrected chi connectivity index (χ3v) is 3.26. The van der Waals surface area contributed by atoms with Crippen LogP contribution in [0.4, 0.5) is 0 Å². The van der Waals surface area contributed by atoms with Crippen LogP contribution in [0.5, 0.6) is 0 Å². The predicted octanol–water partition coefficient (Wildman–Crippen LogP) is 3.43. The number of pyridine rings is 1. The van der Waals surface area contributed by atoms with Crippen LogP contribution in [-0.4, -0.2) is 10.7 Å². The molecular formula is C17H15N3. The smallest absolute Gasteiger partial charge is 0.0906 e. The monoisotopic (exact) mass is 261 g/mol.